The zero-order valence-electron chi connectivity index (χ0n) is 13.5. The minimum absolute atomic E-state index is 0.129. The van der Waals surface area contributed by atoms with Crippen molar-refractivity contribution in [1.29, 1.82) is 0 Å². The van der Waals surface area contributed by atoms with E-state index >= 15 is 0 Å². The minimum Gasteiger partial charge on any atom is -0.465 e. The molecule has 0 atom stereocenters. The van der Waals surface area contributed by atoms with Crippen molar-refractivity contribution in [3.8, 4) is 0 Å². The summed E-state index contributed by atoms with van der Waals surface area (Å²) in [6.45, 7) is 0. The molecular weight excluding hydrogens is 336 g/mol. The minimum atomic E-state index is -0.584. The molecule has 0 amide bonds. The fourth-order valence-corrected chi connectivity index (χ4v) is 3.47. The number of rotatable bonds is 5. The molecule has 3 aromatic rings. The van der Waals surface area contributed by atoms with Crippen molar-refractivity contribution in [2.45, 2.75) is 0 Å². The molecule has 126 valence electrons. The van der Waals surface area contributed by atoms with Crippen molar-refractivity contribution in [3.63, 3.8) is 0 Å². The van der Waals surface area contributed by atoms with Gasteiger partial charge in [-0.2, -0.15) is 0 Å². The standard InChI is InChI=1S/C19H16N2O3S/c1-24-19(23)14-15(20)17(16(22)12-8-4-2-5-9-12)25-18(14)21-13-10-6-3-7-11-13/h2-11,21H,20H2,1H3. The molecule has 0 fully saturated rings. The van der Waals surface area contributed by atoms with Crippen LogP contribution in [0.25, 0.3) is 0 Å². The zero-order valence-corrected chi connectivity index (χ0v) is 14.3. The van der Waals surface area contributed by atoms with E-state index in [0.717, 1.165) is 17.0 Å². The number of nitrogen functional groups attached to an aromatic ring is 1. The molecule has 5 nitrogen and oxygen atoms in total. The first-order valence-corrected chi connectivity index (χ1v) is 8.36. The number of para-hydroxylation sites is 1. The quantitative estimate of drug-likeness (QED) is 0.534. The van der Waals surface area contributed by atoms with Gasteiger partial charge in [0, 0.05) is 11.3 Å². The number of hydrogen-bond donors (Lipinski definition) is 2. The van der Waals surface area contributed by atoms with Crippen molar-refractivity contribution >= 4 is 39.5 Å². The molecule has 0 aliphatic carbocycles. The van der Waals surface area contributed by atoms with Crippen LogP contribution in [0.4, 0.5) is 16.4 Å². The van der Waals surface area contributed by atoms with Crippen LogP contribution in [0.2, 0.25) is 0 Å². The van der Waals surface area contributed by atoms with Gasteiger partial charge in [0.2, 0.25) is 5.78 Å². The van der Waals surface area contributed by atoms with Crippen molar-refractivity contribution in [2.75, 3.05) is 18.2 Å². The van der Waals surface area contributed by atoms with Gasteiger partial charge < -0.3 is 15.8 Å². The van der Waals surface area contributed by atoms with Gasteiger partial charge in [0.25, 0.3) is 0 Å². The summed E-state index contributed by atoms with van der Waals surface area (Å²) in [4.78, 5) is 25.2. The lowest BCUT2D eigenvalue weighted by Crippen LogP contribution is -2.08. The predicted molar refractivity (Wildman–Crippen MR) is 99.7 cm³/mol. The SMILES string of the molecule is COC(=O)c1c(Nc2ccccc2)sc(C(=O)c2ccccc2)c1N. The van der Waals surface area contributed by atoms with Crippen LogP contribution in [0.15, 0.2) is 60.7 Å². The Hall–Kier alpha value is -3.12. The smallest absolute Gasteiger partial charge is 0.343 e. The van der Waals surface area contributed by atoms with E-state index in [2.05, 4.69) is 5.32 Å². The molecule has 0 bridgehead atoms. The van der Waals surface area contributed by atoms with Crippen LogP contribution in [0, 0.1) is 0 Å². The molecule has 0 radical (unpaired) electrons. The Morgan fingerprint density at radius 1 is 1.00 bits per heavy atom. The van der Waals surface area contributed by atoms with Crippen molar-refractivity contribution in [3.05, 3.63) is 76.7 Å². The van der Waals surface area contributed by atoms with Crippen molar-refractivity contribution < 1.29 is 14.3 Å². The number of benzene rings is 2. The maximum absolute atomic E-state index is 12.7. The molecule has 0 saturated heterocycles. The van der Waals surface area contributed by atoms with Gasteiger partial charge in [0.1, 0.15) is 15.4 Å². The first kappa shape index (κ1) is 16.7. The number of nitrogens with two attached hydrogens (primary N) is 1. The highest BCUT2D eigenvalue weighted by Gasteiger charge is 2.26. The lowest BCUT2D eigenvalue weighted by Gasteiger charge is -2.06. The van der Waals surface area contributed by atoms with E-state index in [0.29, 0.717) is 15.4 Å². The van der Waals surface area contributed by atoms with Gasteiger partial charge in [0.15, 0.2) is 0 Å². The molecule has 3 rings (SSSR count). The second-order valence-electron chi connectivity index (χ2n) is 5.23. The lowest BCUT2D eigenvalue weighted by molar-refractivity contribution is 0.0603. The predicted octanol–water partition coefficient (Wildman–Crippen LogP) is 4.09. The molecular formula is C19H16N2O3S. The Morgan fingerprint density at radius 2 is 1.60 bits per heavy atom. The highest BCUT2D eigenvalue weighted by atomic mass is 32.1. The average molecular weight is 352 g/mol. The monoisotopic (exact) mass is 352 g/mol. The second-order valence-corrected chi connectivity index (χ2v) is 6.25. The summed E-state index contributed by atoms with van der Waals surface area (Å²) >= 11 is 1.14. The zero-order chi connectivity index (χ0) is 17.8. The molecule has 0 aliphatic rings. The molecule has 1 heterocycles. The van der Waals surface area contributed by atoms with E-state index in [9.17, 15) is 9.59 Å². The Bertz CT molecular complexity index is 905. The van der Waals surface area contributed by atoms with Crippen LogP contribution in [0.3, 0.4) is 0 Å². The molecule has 1 aromatic heterocycles. The van der Waals surface area contributed by atoms with Crippen LogP contribution in [-0.2, 0) is 4.74 Å². The number of esters is 1. The Kier molecular flexibility index (Phi) is 4.81. The number of carbonyl (C=O) groups is 2. The normalized spacial score (nSPS) is 10.3. The third kappa shape index (κ3) is 3.39. The van der Waals surface area contributed by atoms with Crippen molar-refractivity contribution in [2.24, 2.45) is 0 Å². The molecule has 6 heteroatoms. The largest absolute Gasteiger partial charge is 0.465 e. The number of methoxy groups -OCH3 is 1. The number of carbonyl (C=O) groups excluding carboxylic acids is 2. The second kappa shape index (κ2) is 7.19. The van der Waals surface area contributed by atoms with Crippen LogP contribution >= 0.6 is 11.3 Å². The maximum Gasteiger partial charge on any atom is 0.343 e. The molecule has 0 saturated carbocycles. The van der Waals surface area contributed by atoms with Crippen LogP contribution in [-0.4, -0.2) is 18.9 Å². The third-order valence-corrected chi connectivity index (χ3v) is 4.73. The van der Waals surface area contributed by atoms with Gasteiger partial charge in [-0.1, -0.05) is 48.5 Å². The van der Waals surface area contributed by atoms with Gasteiger partial charge in [-0.05, 0) is 12.1 Å². The summed E-state index contributed by atoms with van der Waals surface area (Å²) in [5.74, 6) is -0.811. The Balaban J connectivity index is 2.06. The van der Waals surface area contributed by atoms with E-state index in [-0.39, 0.29) is 17.0 Å². The van der Waals surface area contributed by atoms with Gasteiger partial charge in [-0.25, -0.2) is 4.79 Å². The molecule has 2 aromatic carbocycles. The topological polar surface area (TPSA) is 81.4 Å². The Morgan fingerprint density at radius 3 is 2.20 bits per heavy atom. The van der Waals surface area contributed by atoms with Gasteiger partial charge >= 0.3 is 5.97 Å². The molecule has 3 N–H and O–H groups in total. The molecule has 0 spiro atoms. The number of nitrogens with one attached hydrogen (secondary N) is 1. The fourth-order valence-electron chi connectivity index (χ4n) is 2.38. The first-order chi connectivity index (χ1) is 12.1. The van der Waals surface area contributed by atoms with E-state index in [4.69, 9.17) is 10.5 Å². The number of ether oxygens (including phenoxy) is 1. The lowest BCUT2D eigenvalue weighted by atomic mass is 10.1. The van der Waals surface area contributed by atoms with Crippen molar-refractivity contribution in [1.82, 2.24) is 0 Å². The highest BCUT2D eigenvalue weighted by Crippen LogP contribution is 2.39. The van der Waals surface area contributed by atoms with E-state index in [1.807, 2.05) is 36.4 Å². The summed E-state index contributed by atoms with van der Waals surface area (Å²) < 4.78 is 4.83. The third-order valence-electron chi connectivity index (χ3n) is 3.61. The van der Waals surface area contributed by atoms with Crippen LogP contribution in [0.5, 0.6) is 0 Å². The Labute approximate surface area is 149 Å². The summed E-state index contributed by atoms with van der Waals surface area (Å²) in [5.41, 5.74) is 7.72. The first-order valence-electron chi connectivity index (χ1n) is 7.54. The summed E-state index contributed by atoms with van der Waals surface area (Å²) in [6, 6.07) is 18.2. The average Bonchev–Trinajstić information content (AvgIpc) is 2.98. The maximum atomic E-state index is 12.7. The van der Waals surface area contributed by atoms with Gasteiger partial charge in [-0.3, -0.25) is 4.79 Å². The van der Waals surface area contributed by atoms with Gasteiger partial charge in [0.05, 0.1) is 12.8 Å². The van der Waals surface area contributed by atoms with Gasteiger partial charge in [-0.15, -0.1) is 11.3 Å². The van der Waals surface area contributed by atoms with E-state index in [1.165, 1.54) is 7.11 Å². The molecule has 0 unspecified atom stereocenters. The number of thiophene rings is 1. The summed E-state index contributed by atoms with van der Waals surface area (Å²) in [5, 5.41) is 3.62. The number of ketones is 1. The fraction of sp³-hybridized carbons (Fsp3) is 0.0526. The van der Waals surface area contributed by atoms with Crippen LogP contribution in [0.1, 0.15) is 25.6 Å². The van der Waals surface area contributed by atoms with E-state index in [1.54, 1.807) is 24.3 Å². The van der Waals surface area contributed by atoms with Crippen LogP contribution < -0.4 is 11.1 Å². The number of hydrogen-bond acceptors (Lipinski definition) is 6. The summed E-state index contributed by atoms with van der Waals surface area (Å²) in [6.07, 6.45) is 0. The highest BCUT2D eigenvalue weighted by molar-refractivity contribution is 7.19. The van der Waals surface area contributed by atoms with E-state index < -0.39 is 5.97 Å². The molecule has 25 heavy (non-hydrogen) atoms. The molecule has 0 aliphatic heterocycles. The number of anilines is 3. The summed E-state index contributed by atoms with van der Waals surface area (Å²) in [7, 11) is 1.28.